The topological polar surface area (TPSA) is 116 Å². The van der Waals surface area contributed by atoms with Crippen LogP contribution in [0.4, 0.5) is 0 Å². The number of amides is 2. The minimum atomic E-state index is -1.05. The molecule has 10 nitrogen and oxygen atoms in total. The summed E-state index contributed by atoms with van der Waals surface area (Å²) in [4.78, 5) is 28.5. The van der Waals surface area contributed by atoms with E-state index in [2.05, 4.69) is 14.9 Å². The summed E-state index contributed by atoms with van der Waals surface area (Å²) in [5.74, 6) is 1.43. The molecule has 2 amide bonds. The normalized spacial score (nSPS) is 12.7. The molecule has 0 unspecified atom stereocenters. The van der Waals surface area contributed by atoms with Crippen LogP contribution in [0.15, 0.2) is 70.7 Å². The number of nitrogens with zero attached hydrogens (tertiary/aromatic N) is 3. The molecule has 2 aromatic carbocycles. The predicted octanol–water partition coefficient (Wildman–Crippen LogP) is 3.57. The number of carbonyl (C=O) groups is 2. The Hall–Kier alpha value is -4.38. The predicted molar refractivity (Wildman–Crippen MR) is 129 cm³/mol. The van der Waals surface area contributed by atoms with Crippen molar-refractivity contribution in [3.63, 3.8) is 0 Å². The summed E-state index contributed by atoms with van der Waals surface area (Å²) in [7, 11) is 1.58. The number of aromatic nitrogens is 2. The van der Waals surface area contributed by atoms with Crippen LogP contribution in [0.3, 0.4) is 0 Å². The zero-order valence-corrected chi connectivity index (χ0v) is 20.1. The van der Waals surface area contributed by atoms with Gasteiger partial charge in [-0.15, -0.1) is 5.10 Å². The van der Waals surface area contributed by atoms with E-state index in [-0.39, 0.29) is 25.6 Å². The molecule has 5 rings (SSSR count). The second kappa shape index (κ2) is 10.5. The van der Waals surface area contributed by atoms with Gasteiger partial charge >= 0.3 is 0 Å². The van der Waals surface area contributed by atoms with E-state index in [9.17, 15) is 9.59 Å². The summed E-state index contributed by atoms with van der Waals surface area (Å²) in [6, 6.07) is 15.0. The van der Waals surface area contributed by atoms with Crippen molar-refractivity contribution in [1.29, 1.82) is 0 Å². The number of hydrogen-bond donors (Lipinski definition) is 1. The Morgan fingerprint density at radius 1 is 1.11 bits per heavy atom. The number of methoxy groups -OCH3 is 1. The van der Waals surface area contributed by atoms with Gasteiger partial charge in [0.1, 0.15) is 11.5 Å². The maximum Gasteiger partial charge on any atom is 0.276 e. The number of benzene rings is 2. The summed E-state index contributed by atoms with van der Waals surface area (Å²) >= 11 is 1.06. The van der Waals surface area contributed by atoms with Gasteiger partial charge in [0.05, 0.1) is 13.4 Å². The minimum Gasteiger partial charge on any atom is -0.497 e. The Kier molecular flexibility index (Phi) is 6.80. The average molecular weight is 507 g/mol. The average Bonchev–Trinajstić information content (AvgIpc) is 3.69. The third-order valence-corrected chi connectivity index (χ3v) is 6.13. The Labute approximate surface area is 210 Å². The van der Waals surface area contributed by atoms with Crippen LogP contribution < -0.4 is 19.5 Å². The molecule has 2 aromatic heterocycles. The van der Waals surface area contributed by atoms with E-state index in [0.29, 0.717) is 23.0 Å². The number of hydrogen-bond acceptors (Lipinski definition) is 9. The molecule has 184 valence electrons. The summed E-state index contributed by atoms with van der Waals surface area (Å²) in [5, 5.41) is 8.39. The molecule has 0 radical (unpaired) electrons. The lowest BCUT2D eigenvalue weighted by molar-refractivity contribution is -0.126. The van der Waals surface area contributed by atoms with Crippen LogP contribution in [0, 0.1) is 0 Å². The number of carbonyl (C=O) groups excluding carboxylic acids is 2. The summed E-state index contributed by atoms with van der Waals surface area (Å²) < 4.78 is 25.4. The van der Waals surface area contributed by atoms with Gasteiger partial charge in [-0.25, -0.2) is 0 Å². The number of rotatable bonds is 9. The van der Waals surface area contributed by atoms with Gasteiger partial charge in [0.2, 0.25) is 6.79 Å². The van der Waals surface area contributed by atoms with Crippen molar-refractivity contribution in [3.8, 4) is 17.2 Å². The summed E-state index contributed by atoms with van der Waals surface area (Å²) in [6.07, 6.45) is 1.47. The van der Waals surface area contributed by atoms with E-state index in [4.69, 9.17) is 18.6 Å². The van der Waals surface area contributed by atoms with Gasteiger partial charge in [0.25, 0.3) is 11.8 Å². The highest BCUT2D eigenvalue weighted by Crippen LogP contribution is 2.33. The van der Waals surface area contributed by atoms with Crippen molar-refractivity contribution in [3.05, 3.63) is 88.8 Å². The first kappa shape index (κ1) is 23.4. The van der Waals surface area contributed by atoms with Crippen molar-refractivity contribution >= 4 is 23.3 Å². The molecule has 1 N–H and O–H groups in total. The third-order valence-electron chi connectivity index (χ3n) is 5.63. The molecule has 0 saturated carbocycles. The minimum absolute atomic E-state index is 0.128. The highest BCUT2D eigenvalue weighted by Gasteiger charge is 2.35. The van der Waals surface area contributed by atoms with E-state index in [0.717, 1.165) is 22.7 Å². The van der Waals surface area contributed by atoms with Crippen LogP contribution in [0.1, 0.15) is 33.4 Å². The van der Waals surface area contributed by atoms with Crippen molar-refractivity contribution in [2.24, 2.45) is 0 Å². The monoisotopic (exact) mass is 506 g/mol. The zero-order valence-electron chi connectivity index (χ0n) is 19.2. The van der Waals surface area contributed by atoms with Gasteiger partial charge in [0.15, 0.2) is 23.2 Å². The van der Waals surface area contributed by atoms with Crippen molar-refractivity contribution in [2.45, 2.75) is 19.1 Å². The zero-order chi connectivity index (χ0) is 24.9. The standard InChI is InChI=1S/C25H22N4O6S/c1-32-18-7-4-16(5-8-18)13-29(25(31)19-14-36-28-27-19)23(21-3-2-10-33-21)24(30)26-12-17-6-9-20-22(11-17)35-15-34-20/h2-11,14,23H,12-13,15H2,1H3,(H,26,30)/t23-/m1/s1. The number of ether oxygens (including phenoxy) is 3. The van der Waals surface area contributed by atoms with Gasteiger partial charge in [-0.3, -0.25) is 9.59 Å². The van der Waals surface area contributed by atoms with Gasteiger partial charge < -0.3 is 28.8 Å². The molecule has 0 bridgehead atoms. The van der Waals surface area contributed by atoms with Crippen LogP contribution in [0.5, 0.6) is 17.2 Å². The molecular formula is C25H22N4O6S. The first-order chi connectivity index (χ1) is 17.6. The third kappa shape index (κ3) is 5.01. The largest absolute Gasteiger partial charge is 0.497 e. The van der Waals surface area contributed by atoms with Crippen LogP contribution in [0.25, 0.3) is 0 Å². The Morgan fingerprint density at radius 3 is 2.64 bits per heavy atom. The molecule has 0 fully saturated rings. The lowest BCUT2D eigenvalue weighted by Gasteiger charge is -2.29. The van der Waals surface area contributed by atoms with E-state index in [1.54, 1.807) is 42.8 Å². The second-order valence-electron chi connectivity index (χ2n) is 7.89. The number of nitrogens with one attached hydrogen (secondary N) is 1. The SMILES string of the molecule is COc1ccc(CN(C(=O)c2csnn2)[C@@H](C(=O)NCc2ccc3c(c2)OCO3)c2ccco2)cc1. The molecule has 1 atom stereocenters. The maximum atomic E-state index is 13.6. The quantitative estimate of drug-likeness (QED) is 0.366. The van der Waals surface area contributed by atoms with Gasteiger partial charge in [0, 0.05) is 18.5 Å². The summed E-state index contributed by atoms with van der Waals surface area (Å²) in [6.45, 7) is 0.512. The highest BCUT2D eigenvalue weighted by atomic mass is 32.1. The highest BCUT2D eigenvalue weighted by molar-refractivity contribution is 7.03. The fourth-order valence-corrected chi connectivity index (χ4v) is 4.25. The molecule has 4 aromatic rings. The van der Waals surface area contributed by atoms with Crippen LogP contribution in [0.2, 0.25) is 0 Å². The molecule has 0 saturated heterocycles. The smallest absolute Gasteiger partial charge is 0.276 e. The molecule has 3 heterocycles. The molecule has 11 heteroatoms. The first-order valence-corrected chi connectivity index (χ1v) is 11.9. The van der Waals surface area contributed by atoms with Crippen molar-refractivity contribution in [1.82, 2.24) is 19.8 Å². The second-order valence-corrected chi connectivity index (χ2v) is 8.50. The van der Waals surface area contributed by atoms with E-state index in [1.807, 2.05) is 24.3 Å². The molecule has 1 aliphatic heterocycles. The van der Waals surface area contributed by atoms with Gasteiger partial charge in [-0.05, 0) is 59.1 Å². The molecule has 1 aliphatic rings. The fourth-order valence-electron chi connectivity index (χ4n) is 3.82. The maximum absolute atomic E-state index is 13.6. The van der Waals surface area contributed by atoms with Crippen LogP contribution in [-0.4, -0.2) is 40.2 Å². The first-order valence-electron chi connectivity index (χ1n) is 11.0. The van der Waals surface area contributed by atoms with E-state index >= 15 is 0 Å². The van der Waals surface area contributed by atoms with Crippen molar-refractivity contribution < 1.29 is 28.2 Å². The molecular weight excluding hydrogens is 484 g/mol. The Bertz CT molecular complexity index is 1330. The van der Waals surface area contributed by atoms with E-state index < -0.39 is 17.9 Å². The number of furan rings is 1. The molecule has 0 aliphatic carbocycles. The van der Waals surface area contributed by atoms with Gasteiger partial charge in [-0.2, -0.15) is 0 Å². The Balaban J connectivity index is 1.43. The molecule has 0 spiro atoms. The van der Waals surface area contributed by atoms with Crippen LogP contribution in [-0.2, 0) is 17.9 Å². The lowest BCUT2D eigenvalue weighted by atomic mass is 10.1. The number of fused-ring (bicyclic) bond motifs is 1. The molecule has 36 heavy (non-hydrogen) atoms. The summed E-state index contributed by atoms with van der Waals surface area (Å²) in [5.41, 5.74) is 1.77. The lowest BCUT2D eigenvalue weighted by Crippen LogP contribution is -2.43. The van der Waals surface area contributed by atoms with Crippen molar-refractivity contribution in [2.75, 3.05) is 13.9 Å². The van der Waals surface area contributed by atoms with Crippen LogP contribution >= 0.6 is 11.5 Å². The van der Waals surface area contributed by atoms with E-state index in [1.165, 1.54) is 11.2 Å². The Morgan fingerprint density at radius 2 is 1.92 bits per heavy atom. The fraction of sp³-hybridized carbons (Fsp3) is 0.200. The van der Waals surface area contributed by atoms with Gasteiger partial charge in [-0.1, -0.05) is 22.7 Å².